The van der Waals surface area contributed by atoms with Crippen LogP contribution in [0.3, 0.4) is 0 Å². The standard InChI is InChI=1S/C16H26N4O.3C2HF3O2/c1-18-11-13(10-17-18)12-19-6-2-16-15(19)3-7-20(16)14-4-8-21-9-5-14;3*3-2(4,5)1(6)7/h10-11,14-16H,2-9,12H2,1H3;3*(H,6,7)/t15-,16+;;;/m0.../s1. The summed E-state index contributed by atoms with van der Waals surface area (Å²) in [5.74, 6) is -8.27. The van der Waals surface area contributed by atoms with Gasteiger partial charge in [0.05, 0.1) is 6.20 Å². The van der Waals surface area contributed by atoms with Gasteiger partial charge in [-0.1, -0.05) is 0 Å². The fourth-order valence-electron chi connectivity index (χ4n) is 4.56. The molecule has 4 rings (SSSR count). The minimum Gasteiger partial charge on any atom is -0.475 e. The Balaban J connectivity index is 0.000000348. The smallest absolute Gasteiger partial charge is 0.475 e. The highest BCUT2D eigenvalue weighted by molar-refractivity contribution is 5.73. The zero-order valence-corrected chi connectivity index (χ0v) is 21.9. The lowest BCUT2D eigenvalue weighted by Gasteiger charge is -2.35. The average Bonchev–Trinajstić information content (AvgIpc) is 3.57. The minimum atomic E-state index is -5.08. The third-order valence-electron chi connectivity index (χ3n) is 6.27. The lowest BCUT2D eigenvalue weighted by molar-refractivity contribution is -0.193. The van der Waals surface area contributed by atoms with Gasteiger partial charge in [-0.15, -0.1) is 0 Å². The molecule has 2 atom stereocenters. The molecule has 4 heterocycles. The highest BCUT2D eigenvalue weighted by atomic mass is 19.4. The summed E-state index contributed by atoms with van der Waals surface area (Å²) in [6.45, 7) is 5.50. The maximum atomic E-state index is 10.6. The summed E-state index contributed by atoms with van der Waals surface area (Å²) in [4.78, 5) is 32.2. The number of carbonyl (C=O) groups is 3. The molecule has 0 bridgehead atoms. The zero-order chi connectivity index (χ0) is 32.5. The number of alkyl halides is 9. The van der Waals surface area contributed by atoms with Crippen LogP contribution in [0.2, 0.25) is 0 Å². The predicted octanol–water partition coefficient (Wildman–Crippen LogP) is 3.15. The summed E-state index contributed by atoms with van der Waals surface area (Å²) >= 11 is 0. The number of likely N-dealkylation sites (tertiary alicyclic amines) is 2. The van der Waals surface area contributed by atoms with Gasteiger partial charge in [-0.2, -0.15) is 44.6 Å². The van der Waals surface area contributed by atoms with Gasteiger partial charge in [0, 0.05) is 69.8 Å². The van der Waals surface area contributed by atoms with Gasteiger partial charge in [-0.25, -0.2) is 14.4 Å². The first-order chi connectivity index (χ1) is 19.1. The number of carboxylic acids is 3. The molecule has 0 unspecified atom stereocenters. The van der Waals surface area contributed by atoms with Crippen LogP contribution in [0.1, 0.15) is 31.2 Å². The number of hydrogen-bond acceptors (Lipinski definition) is 7. The van der Waals surface area contributed by atoms with Crippen molar-refractivity contribution < 1.29 is 74.0 Å². The van der Waals surface area contributed by atoms with Gasteiger partial charge in [0.15, 0.2) is 0 Å². The van der Waals surface area contributed by atoms with Crippen molar-refractivity contribution in [1.29, 1.82) is 0 Å². The number of carboxylic acid groups (broad SMARTS) is 3. The maximum absolute atomic E-state index is 10.6. The molecule has 242 valence electrons. The number of hydrogen-bond donors (Lipinski definition) is 3. The molecule has 0 spiro atoms. The highest BCUT2D eigenvalue weighted by Gasteiger charge is 2.45. The van der Waals surface area contributed by atoms with E-state index in [1.807, 2.05) is 17.9 Å². The van der Waals surface area contributed by atoms with Crippen molar-refractivity contribution in [2.24, 2.45) is 7.05 Å². The minimum absolute atomic E-state index is 0.757. The Bertz CT molecular complexity index is 968. The number of rotatable bonds is 3. The summed E-state index contributed by atoms with van der Waals surface area (Å²) in [6.07, 6.45) is -5.96. The molecule has 0 aliphatic carbocycles. The Morgan fingerprint density at radius 2 is 1.24 bits per heavy atom. The van der Waals surface area contributed by atoms with Crippen molar-refractivity contribution in [2.45, 2.75) is 68.9 Å². The normalized spacial score (nSPS) is 21.6. The average molecular weight is 632 g/mol. The molecule has 11 nitrogen and oxygen atoms in total. The first-order valence-electron chi connectivity index (χ1n) is 12.1. The molecular formula is C22H29F9N4O7. The molecule has 0 amide bonds. The van der Waals surface area contributed by atoms with Crippen LogP contribution in [-0.2, 0) is 32.7 Å². The van der Waals surface area contributed by atoms with Crippen LogP contribution < -0.4 is 0 Å². The highest BCUT2D eigenvalue weighted by Crippen LogP contribution is 2.35. The van der Waals surface area contributed by atoms with Crippen molar-refractivity contribution in [3.8, 4) is 0 Å². The van der Waals surface area contributed by atoms with Crippen LogP contribution >= 0.6 is 0 Å². The van der Waals surface area contributed by atoms with Crippen molar-refractivity contribution in [1.82, 2.24) is 19.6 Å². The topological polar surface area (TPSA) is 145 Å². The summed E-state index contributed by atoms with van der Waals surface area (Å²) < 4.78 is 103. The molecular weight excluding hydrogens is 603 g/mol. The number of fused-ring (bicyclic) bond motifs is 1. The fraction of sp³-hybridized carbons (Fsp3) is 0.727. The van der Waals surface area contributed by atoms with Crippen molar-refractivity contribution >= 4 is 17.9 Å². The first-order valence-corrected chi connectivity index (χ1v) is 12.1. The van der Waals surface area contributed by atoms with Crippen LogP contribution in [0.15, 0.2) is 12.4 Å². The molecule has 3 fully saturated rings. The van der Waals surface area contributed by atoms with E-state index in [-0.39, 0.29) is 0 Å². The van der Waals surface area contributed by atoms with E-state index < -0.39 is 36.4 Å². The Kier molecular flexibility index (Phi) is 13.5. The second kappa shape index (κ2) is 15.4. The monoisotopic (exact) mass is 632 g/mol. The molecule has 3 saturated heterocycles. The predicted molar refractivity (Wildman–Crippen MR) is 122 cm³/mol. The van der Waals surface area contributed by atoms with E-state index in [2.05, 4.69) is 21.1 Å². The lowest BCUT2D eigenvalue weighted by Crippen LogP contribution is -2.44. The van der Waals surface area contributed by atoms with Crippen LogP contribution in [0, 0.1) is 0 Å². The van der Waals surface area contributed by atoms with Gasteiger partial charge in [0.2, 0.25) is 0 Å². The summed E-state index contributed by atoms with van der Waals surface area (Å²) in [5.41, 5.74) is 1.35. The Morgan fingerprint density at radius 3 is 1.62 bits per heavy atom. The lowest BCUT2D eigenvalue weighted by atomic mass is 10.0. The van der Waals surface area contributed by atoms with Gasteiger partial charge in [-0.3, -0.25) is 14.5 Å². The van der Waals surface area contributed by atoms with E-state index in [1.165, 1.54) is 44.3 Å². The van der Waals surface area contributed by atoms with Gasteiger partial charge in [0.1, 0.15) is 0 Å². The number of aryl methyl sites for hydroxylation is 1. The zero-order valence-electron chi connectivity index (χ0n) is 21.9. The Labute approximate surface area is 232 Å². The molecule has 3 aliphatic heterocycles. The van der Waals surface area contributed by atoms with E-state index in [1.54, 1.807) is 0 Å². The second-order valence-electron chi connectivity index (χ2n) is 9.19. The Hall–Kier alpha value is -3.13. The summed E-state index contributed by atoms with van der Waals surface area (Å²) in [6, 6.07) is 2.31. The largest absolute Gasteiger partial charge is 0.490 e. The Morgan fingerprint density at radius 1 is 0.810 bits per heavy atom. The fourth-order valence-corrected chi connectivity index (χ4v) is 4.56. The molecule has 0 radical (unpaired) electrons. The van der Waals surface area contributed by atoms with Crippen LogP contribution in [0.4, 0.5) is 39.5 Å². The van der Waals surface area contributed by atoms with E-state index >= 15 is 0 Å². The number of nitrogens with zero attached hydrogens (tertiary/aromatic N) is 4. The molecule has 3 aliphatic rings. The maximum Gasteiger partial charge on any atom is 0.490 e. The van der Waals surface area contributed by atoms with Gasteiger partial charge >= 0.3 is 36.4 Å². The summed E-state index contributed by atoms with van der Waals surface area (Å²) in [5, 5.41) is 25.7. The molecule has 0 aromatic carbocycles. The van der Waals surface area contributed by atoms with E-state index in [0.29, 0.717) is 0 Å². The van der Waals surface area contributed by atoms with E-state index in [4.69, 9.17) is 34.4 Å². The number of aliphatic carboxylic acids is 3. The third-order valence-corrected chi connectivity index (χ3v) is 6.27. The van der Waals surface area contributed by atoms with Crippen LogP contribution in [0.5, 0.6) is 0 Å². The van der Waals surface area contributed by atoms with E-state index in [9.17, 15) is 39.5 Å². The number of halogens is 9. The second-order valence-corrected chi connectivity index (χ2v) is 9.19. The number of ether oxygens (including phenoxy) is 1. The molecule has 42 heavy (non-hydrogen) atoms. The first kappa shape index (κ1) is 36.9. The molecule has 1 aromatic rings. The van der Waals surface area contributed by atoms with Crippen molar-refractivity contribution in [3.05, 3.63) is 18.0 Å². The summed E-state index contributed by atoms with van der Waals surface area (Å²) in [7, 11) is 2.00. The van der Waals surface area contributed by atoms with Crippen LogP contribution in [0.25, 0.3) is 0 Å². The van der Waals surface area contributed by atoms with Gasteiger partial charge in [-0.05, 0) is 25.7 Å². The molecule has 0 saturated carbocycles. The van der Waals surface area contributed by atoms with Gasteiger partial charge < -0.3 is 20.1 Å². The van der Waals surface area contributed by atoms with Gasteiger partial charge in [0.25, 0.3) is 0 Å². The third kappa shape index (κ3) is 12.4. The quantitative estimate of drug-likeness (QED) is 0.425. The van der Waals surface area contributed by atoms with E-state index in [0.717, 1.165) is 37.9 Å². The SMILES string of the molecule is Cn1cc(CN2CC[C@@H]3[C@@H]2CCN3C2CCOCC2)cn1.O=C(O)C(F)(F)F.O=C(O)C(F)(F)F.O=C(O)C(F)(F)F. The number of aromatic nitrogens is 2. The molecule has 3 N–H and O–H groups in total. The van der Waals surface area contributed by atoms with Crippen LogP contribution in [-0.4, -0.2) is 116 Å². The molecule has 20 heteroatoms. The van der Waals surface area contributed by atoms with Crippen molar-refractivity contribution in [2.75, 3.05) is 26.3 Å². The van der Waals surface area contributed by atoms with Crippen molar-refractivity contribution in [3.63, 3.8) is 0 Å². The molecule has 1 aromatic heterocycles.